The van der Waals surface area contributed by atoms with Crippen molar-refractivity contribution < 1.29 is 9.50 Å². The van der Waals surface area contributed by atoms with Crippen LogP contribution in [0.15, 0.2) is 36.8 Å². The van der Waals surface area contributed by atoms with E-state index in [1.807, 2.05) is 11.0 Å². The summed E-state index contributed by atoms with van der Waals surface area (Å²) in [4.78, 5) is 10.5. The Morgan fingerprint density at radius 1 is 1.32 bits per heavy atom. The fourth-order valence-corrected chi connectivity index (χ4v) is 3.06. The van der Waals surface area contributed by atoms with Crippen LogP contribution in [0.4, 0.5) is 10.2 Å². The highest BCUT2D eigenvalue weighted by Gasteiger charge is 2.34. The molecule has 7 heteroatoms. The maximum Gasteiger partial charge on any atom is 0.160 e. The molecule has 22 heavy (non-hydrogen) atoms. The average molecular weight is 299 g/mol. The highest BCUT2D eigenvalue weighted by Crippen LogP contribution is 2.37. The van der Waals surface area contributed by atoms with E-state index in [1.165, 1.54) is 18.5 Å². The van der Waals surface area contributed by atoms with Crippen LogP contribution in [-0.4, -0.2) is 37.9 Å². The lowest BCUT2D eigenvalue weighted by Crippen LogP contribution is -2.25. The molecule has 0 aliphatic carbocycles. The van der Waals surface area contributed by atoms with E-state index in [1.54, 1.807) is 12.3 Å². The third-order valence-electron chi connectivity index (χ3n) is 4.01. The number of fused-ring (bicyclic) bond motifs is 1. The number of H-pyrrole nitrogens is 1. The van der Waals surface area contributed by atoms with Crippen LogP contribution in [-0.2, 0) is 0 Å². The molecular formula is C15H14FN5O. The zero-order valence-corrected chi connectivity index (χ0v) is 11.6. The fraction of sp³-hybridized carbons (Fsp3) is 0.267. The molecule has 1 fully saturated rings. The van der Waals surface area contributed by atoms with Crippen molar-refractivity contribution in [1.29, 1.82) is 0 Å². The van der Waals surface area contributed by atoms with E-state index >= 15 is 0 Å². The number of aliphatic hydroxyl groups excluding tert-OH is 1. The third-order valence-corrected chi connectivity index (χ3v) is 4.01. The van der Waals surface area contributed by atoms with E-state index in [4.69, 9.17) is 0 Å². The summed E-state index contributed by atoms with van der Waals surface area (Å²) < 4.78 is 13.5. The number of hydrogen-bond donors (Lipinski definition) is 2. The predicted octanol–water partition coefficient (Wildman–Crippen LogP) is 1.80. The second-order valence-electron chi connectivity index (χ2n) is 5.44. The van der Waals surface area contributed by atoms with Crippen LogP contribution in [0, 0.1) is 5.82 Å². The standard InChI is InChI=1S/C15H14FN5O/c16-10-3-1-2-9(4-10)13-5-11(22)7-21(13)15-12-6-19-20-14(12)17-8-18-15/h1-4,6,8,11,13,22H,5,7H2,(H,17,18,19,20)/t11-,13+/m1/s1. The van der Waals surface area contributed by atoms with Gasteiger partial charge in [-0.3, -0.25) is 5.10 Å². The van der Waals surface area contributed by atoms with Crippen LogP contribution in [0.2, 0.25) is 0 Å². The number of aromatic amines is 1. The molecule has 3 heterocycles. The van der Waals surface area contributed by atoms with E-state index < -0.39 is 6.10 Å². The summed E-state index contributed by atoms with van der Waals surface area (Å²) in [6.45, 7) is 0.443. The number of β-amino-alcohol motifs (C(OH)–C–C–N with tert-alkyl or cyclic N) is 1. The Labute approximate surface area is 125 Å². The number of aliphatic hydroxyl groups is 1. The van der Waals surface area contributed by atoms with Gasteiger partial charge >= 0.3 is 0 Å². The summed E-state index contributed by atoms with van der Waals surface area (Å²) in [5.74, 6) is 0.416. The van der Waals surface area contributed by atoms with Crippen molar-refractivity contribution in [1.82, 2.24) is 20.2 Å². The Balaban J connectivity index is 1.80. The summed E-state index contributed by atoms with van der Waals surface area (Å²) in [6.07, 6.45) is 3.18. The van der Waals surface area contributed by atoms with Gasteiger partial charge in [0.2, 0.25) is 0 Å². The van der Waals surface area contributed by atoms with Gasteiger partial charge in [-0.15, -0.1) is 0 Å². The van der Waals surface area contributed by atoms with Crippen molar-refractivity contribution in [2.24, 2.45) is 0 Å². The number of benzene rings is 1. The number of anilines is 1. The van der Waals surface area contributed by atoms with Crippen LogP contribution in [0.5, 0.6) is 0 Å². The van der Waals surface area contributed by atoms with Crippen molar-refractivity contribution in [2.45, 2.75) is 18.6 Å². The Morgan fingerprint density at radius 3 is 3.09 bits per heavy atom. The number of nitrogens with one attached hydrogen (secondary N) is 1. The maximum atomic E-state index is 13.5. The molecule has 2 N–H and O–H groups in total. The summed E-state index contributed by atoms with van der Waals surface area (Å²) in [7, 11) is 0. The molecule has 1 aliphatic heterocycles. The molecule has 0 bridgehead atoms. The summed E-state index contributed by atoms with van der Waals surface area (Å²) in [5.41, 5.74) is 1.47. The molecule has 0 unspecified atom stereocenters. The van der Waals surface area contributed by atoms with Crippen LogP contribution >= 0.6 is 0 Å². The van der Waals surface area contributed by atoms with Gasteiger partial charge in [-0.2, -0.15) is 5.10 Å². The van der Waals surface area contributed by atoms with Crippen LogP contribution < -0.4 is 4.90 Å². The molecule has 2 atom stereocenters. The Morgan fingerprint density at radius 2 is 2.23 bits per heavy atom. The van der Waals surface area contributed by atoms with Gasteiger partial charge in [0.15, 0.2) is 5.65 Å². The van der Waals surface area contributed by atoms with Gasteiger partial charge in [0.25, 0.3) is 0 Å². The predicted molar refractivity (Wildman–Crippen MR) is 78.8 cm³/mol. The minimum atomic E-state index is -0.481. The normalized spacial score (nSPS) is 21.6. The first kappa shape index (κ1) is 13.1. The molecule has 0 amide bonds. The molecule has 3 aromatic rings. The van der Waals surface area contributed by atoms with Gasteiger partial charge in [-0.1, -0.05) is 12.1 Å². The van der Waals surface area contributed by atoms with Crippen molar-refractivity contribution in [3.8, 4) is 0 Å². The van der Waals surface area contributed by atoms with Crippen LogP contribution in [0.1, 0.15) is 18.0 Å². The van der Waals surface area contributed by atoms with E-state index in [-0.39, 0.29) is 11.9 Å². The number of rotatable bonds is 2. The van der Waals surface area contributed by atoms with Crippen molar-refractivity contribution in [2.75, 3.05) is 11.4 Å². The molecule has 1 aromatic carbocycles. The second-order valence-corrected chi connectivity index (χ2v) is 5.44. The first-order valence-corrected chi connectivity index (χ1v) is 7.06. The topological polar surface area (TPSA) is 77.9 Å². The van der Waals surface area contributed by atoms with E-state index in [0.29, 0.717) is 24.4 Å². The Hall–Kier alpha value is -2.54. The fourth-order valence-electron chi connectivity index (χ4n) is 3.06. The van der Waals surface area contributed by atoms with Gasteiger partial charge in [-0.05, 0) is 24.1 Å². The van der Waals surface area contributed by atoms with Crippen LogP contribution in [0.3, 0.4) is 0 Å². The van der Waals surface area contributed by atoms with Crippen LogP contribution in [0.25, 0.3) is 11.0 Å². The van der Waals surface area contributed by atoms with Gasteiger partial charge in [0.1, 0.15) is 18.0 Å². The minimum Gasteiger partial charge on any atom is -0.391 e. The first-order valence-electron chi connectivity index (χ1n) is 7.06. The monoisotopic (exact) mass is 299 g/mol. The maximum absolute atomic E-state index is 13.5. The van der Waals surface area contributed by atoms with Gasteiger partial charge in [0, 0.05) is 6.54 Å². The molecule has 2 aromatic heterocycles. The highest BCUT2D eigenvalue weighted by molar-refractivity contribution is 5.86. The SMILES string of the molecule is O[C@@H]1C[C@@H](c2cccc(F)c2)N(c2ncnc3[nH]ncc23)C1. The summed E-state index contributed by atoms with van der Waals surface area (Å²) in [5, 5.41) is 17.7. The quantitative estimate of drug-likeness (QED) is 0.754. The van der Waals surface area contributed by atoms with Crippen molar-refractivity contribution in [3.05, 3.63) is 48.2 Å². The highest BCUT2D eigenvalue weighted by atomic mass is 19.1. The second kappa shape index (κ2) is 5.03. The lowest BCUT2D eigenvalue weighted by molar-refractivity contribution is 0.194. The molecule has 0 spiro atoms. The number of hydrogen-bond acceptors (Lipinski definition) is 5. The summed E-state index contributed by atoms with van der Waals surface area (Å²) >= 11 is 0. The lowest BCUT2D eigenvalue weighted by Gasteiger charge is -2.26. The molecular weight excluding hydrogens is 285 g/mol. The average Bonchev–Trinajstić information content (AvgIpc) is 3.13. The van der Waals surface area contributed by atoms with Gasteiger partial charge in [-0.25, -0.2) is 14.4 Å². The minimum absolute atomic E-state index is 0.126. The lowest BCUT2D eigenvalue weighted by atomic mass is 10.0. The number of nitrogens with zero attached hydrogens (tertiary/aromatic N) is 4. The van der Waals surface area contributed by atoms with Gasteiger partial charge < -0.3 is 10.0 Å². The Kier molecular flexibility index (Phi) is 3.00. The number of halogens is 1. The zero-order chi connectivity index (χ0) is 15.1. The largest absolute Gasteiger partial charge is 0.391 e. The number of aromatic nitrogens is 4. The molecule has 1 aliphatic rings. The zero-order valence-electron chi connectivity index (χ0n) is 11.6. The molecule has 0 saturated carbocycles. The van der Waals surface area contributed by atoms with Crippen molar-refractivity contribution in [3.63, 3.8) is 0 Å². The molecule has 0 radical (unpaired) electrons. The smallest absolute Gasteiger partial charge is 0.160 e. The van der Waals surface area contributed by atoms with E-state index in [0.717, 1.165) is 10.9 Å². The summed E-state index contributed by atoms with van der Waals surface area (Å²) in [6, 6.07) is 6.34. The Bertz CT molecular complexity index is 820. The van der Waals surface area contributed by atoms with Gasteiger partial charge in [0.05, 0.1) is 23.7 Å². The third kappa shape index (κ3) is 2.10. The molecule has 1 saturated heterocycles. The first-order chi connectivity index (χ1) is 10.7. The molecule has 112 valence electrons. The van der Waals surface area contributed by atoms with Crippen molar-refractivity contribution >= 4 is 16.9 Å². The van der Waals surface area contributed by atoms with E-state index in [9.17, 15) is 9.50 Å². The molecule has 6 nitrogen and oxygen atoms in total. The molecule has 4 rings (SSSR count). The van der Waals surface area contributed by atoms with E-state index in [2.05, 4.69) is 20.2 Å².